The molecule has 0 radical (unpaired) electrons. The third kappa shape index (κ3) is 4.62. The van der Waals surface area contributed by atoms with Gasteiger partial charge in [-0.05, 0) is 48.8 Å². The molecule has 0 saturated carbocycles. The number of rotatable bonds is 8. The van der Waals surface area contributed by atoms with Crippen molar-refractivity contribution in [2.24, 2.45) is 5.73 Å². The number of aromatic nitrogens is 1. The summed E-state index contributed by atoms with van der Waals surface area (Å²) in [6.07, 6.45) is 7.76. The van der Waals surface area contributed by atoms with Gasteiger partial charge in [0.1, 0.15) is 5.75 Å². The highest BCUT2D eigenvalue weighted by Crippen LogP contribution is 2.21. The van der Waals surface area contributed by atoms with E-state index in [-0.39, 0.29) is 6.04 Å². The maximum absolute atomic E-state index is 6.24. The molecular weight excluding hydrogens is 268 g/mol. The highest BCUT2D eigenvalue weighted by Gasteiger charge is 2.08. The van der Waals surface area contributed by atoms with E-state index in [0.29, 0.717) is 0 Å². The second-order valence-electron chi connectivity index (χ2n) is 4.88. The van der Waals surface area contributed by atoms with Crippen LogP contribution in [0.4, 0.5) is 0 Å². The Kier molecular flexibility index (Phi) is 6.02. The molecule has 0 fully saturated rings. The number of hydrogen-bond donors (Lipinski definition) is 1. The molecule has 0 aromatic carbocycles. The Bertz CT molecular complexity index is 499. The molecule has 2 heterocycles. The van der Waals surface area contributed by atoms with Crippen LogP contribution < -0.4 is 10.5 Å². The van der Waals surface area contributed by atoms with E-state index in [9.17, 15) is 0 Å². The van der Waals surface area contributed by atoms with Gasteiger partial charge >= 0.3 is 0 Å². The van der Waals surface area contributed by atoms with Crippen LogP contribution >= 0.6 is 11.3 Å². The van der Waals surface area contributed by atoms with Gasteiger partial charge in [-0.15, -0.1) is 11.3 Å². The minimum atomic E-state index is 0.0349. The number of hydrogen-bond acceptors (Lipinski definition) is 4. The van der Waals surface area contributed by atoms with Crippen molar-refractivity contribution in [3.8, 4) is 5.75 Å². The standard InChI is InChI=1S/C16H22N2OS/c1-2-8-19-14-10-13(11-18-12-14)16(17)7-3-5-15-6-4-9-20-15/h4,6,9-12,16H,2-3,5,7-8,17H2,1H3. The summed E-state index contributed by atoms with van der Waals surface area (Å²) < 4.78 is 5.59. The van der Waals surface area contributed by atoms with Crippen LogP contribution in [-0.4, -0.2) is 11.6 Å². The minimum Gasteiger partial charge on any atom is -0.492 e. The van der Waals surface area contributed by atoms with Gasteiger partial charge in [0.25, 0.3) is 0 Å². The first kappa shape index (κ1) is 15.0. The highest BCUT2D eigenvalue weighted by atomic mass is 32.1. The van der Waals surface area contributed by atoms with Crippen molar-refractivity contribution in [2.45, 2.75) is 38.6 Å². The topological polar surface area (TPSA) is 48.1 Å². The average molecular weight is 290 g/mol. The lowest BCUT2D eigenvalue weighted by Gasteiger charge is -2.13. The Morgan fingerprint density at radius 2 is 2.30 bits per heavy atom. The Morgan fingerprint density at radius 3 is 3.05 bits per heavy atom. The van der Waals surface area contributed by atoms with E-state index in [4.69, 9.17) is 10.5 Å². The van der Waals surface area contributed by atoms with Crippen molar-refractivity contribution in [1.29, 1.82) is 0 Å². The van der Waals surface area contributed by atoms with E-state index < -0.39 is 0 Å². The predicted octanol–water partition coefficient (Wildman–Crippen LogP) is 3.95. The summed E-state index contributed by atoms with van der Waals surface area (Å²) in [7, 11) is 0. The fourth-order valence-corrected chi connectivity index (χ4v) is 2.81. The second-order valence-corrected chi connectivity index (χ2v) is 5.91. The molecule has 0 aliphatic rings. The summed E-state index contributed by atoms with van der Waals surface area (Å²) in [5.41, 5.74) is 7.30. The molecule has 108 valence electrons. The molecule has 2 rings (SSSR count). The van der Waals surface area contributed by atoms with E-state index in [2.05, 4.69) is 29.4 Å². The van der Waals surface area contributed by atoms with Crippen LogP contribution in [0.25, 0.3) is 0 Å². The van der Waals surface area contributed by atoms with E-state index in [1.54, 1.807) is 6.20 Å². The van der Waals surface area contributed by atoms with Gasteiger partial charge in [-0.3, -0.25) is 4.98 Å². The SMILES string of the molecule is CCCOc1cncc(C(N)CCCc2cccs2)c1. The van der Waals surface area contributed by atoms with Crippen molar-refractivity contribution in [2.75, 3.05) is 6.61 Å². The molecule has 2 N–H and O–H groups in total. The van der Waals surface area contributed by atoms with E-state index in [1.165, 1.54) is 4.88 Å². The van der Waals surface area contributed by atoms with Gasteiger partial charge in [-0.2, -0.15) is 0 Å². The van der Waals surface area contributed by atoms with Crippen LogP contribution in [0.1, 0.15) is 42.7 Å². The lowest BCUT2D eigenvalue weighted by molar-refractivity contribution is 0.315. The first-order valence-corrected chi connectivity index (χ1v) is 8.03. The Morgan fingerprint density at radius 1 is 1.40 bits per heavy atom. The van der Waals surface area contributed by atoms with Crippen molar-refractivity contribution >= 4 is 11.3 Å². The van der Waals surface area contributed by atoms with Crippen LogP contribution in [-0.2, 0) is 6.42 Å². The number of nitrogens with two attached hydrogens (primary N) is 1. The Balaban J connectivity index is 1.83. The zero-order valence-electron chi connectivity index (χ0n) is 11.9. The third-order valence-corrected chi connectivity index (χ3v) is 4.09. The molecule has 0 aliphatic heterocycles. The van der Waals surface area contributed by atoms with Crippen molar-refractivity contribution in [1.82, 2.24) is 4.98 Å². The van der Waals surface area contributed by atoms with E-state index in [0.717, 1.165) is 43.6 Å². The van der Waals surface area contributed by atoms with Gasteiger partial charge in [-0.1, -0.05) is 13.0 Å². The molecule has 2 aromatic rings. The summed E-state index contributed by atoms with van der Waals surface area (Å²) in [6.45, 7) is 2.81. The fourth-order valence-electron chi connectivity index (χ4n) is 2.05. The van der Waals surface area contributed by atoms with Gasteiger partial charge < -0.3 is 10.5 Å². The molecule has 1 unspecified atom stereocenters. The molecule has 4 heteroatoms. The van der Waals surface area contributed by atoms with Gasteiger partial charge in [0.15, 0.2) is 0 Å². The predicted molar refractivity (Wildman–Crippen MR) is 84.2 cm³/mol. The Hall–Kier alpha value is -1.39. The van der Waals surface area contributed by atoms with Crippen LogP contribution in [0.2, 0.25) is 0 Å². The molecule has 0 bridgehead atoms. The third-order valence-electron chi connectivity index (χ3n) is 3.15. The van der Waals surface area contributed by atoms with E-state index >= 15 is 0 Å². The largest absolute Gasteiger partial charge is 0.492 e. The molecule has 3 nitrogen and oxygen atoms in total. The van der Waals surface area contributed by atoms with Gasteiger partial charge in [-0.25, -0.2) is 0 Å². The van der Waals surface area contributed by atoms with Crippen LogP contribution in [0, 0.1) is 0 Å². The molecule has 0 aliphatic carbocycles. The summed E-state index contributed by atoms with van der Waals surface area (Å²) >= 11 is 1.81. The Labute approximate surface area is 124 Å². The van der Waals surface area contributed by atoms with Gasteiger partial charge in [0, 0.05) is 17.1 Å². The molecular formula is C16H22N2OS. The van der Waals surface area contributed by atoms with Gasteiger partial charge in [0.05, 0.1) is 12.8 Å². The van der Waals surface area contributed by atoms with Crippen LogP contribution in [0.5, 0.6) is 5.75 Å². The average Bonchev–Trinajstić information content (AvgIpc) is 2.98. The summed E-state index contributed by atoms with van der Waals surface area (Å²) in [5.74, 6) is 0.818. The molecule has 0 spiro atoms. The number of thiophene rings is 1. The summed E-state index contributed by atoms with van der Waals surface area (Å²) in [6, 6.07) is 6.32. The van der Waals surface area contributed by atoms with Crippen molar-refractivity contribution in [3.63, 3.8) is 0 Å². The first-order chi connectivity index (χ1) is 9.79. The lowest BCUT2D eigenvalue weighted by Crippen LogP contribution is -2.11. The zero-order chi connectivity index (χ0) is 14.2. The molecule has 1 atom stereocenters. The summed E-state index contributed by atoms with van der Waals surface area (Å²) in [5, 5.41) is 2.12. The second kappa shape index (κ2) is 8.02. The number of aryl methyl sites for hydroxylation is 1. The maximum atomic E-state index is 6.24. The van der Waals surface area contributed by atoms with Crippen molar-refractivity contribution < 1.29 is 4.74 Å². The molecule has 20 heavy (non-hydrogen) atoms. The number of nitrogens with zero attached hydrogens (tertiary/aromatic N) is 1. The van der Waals surface area contributed by atoms with Crippen molar-refractivity contribution in [3.05, 3.63) is 46.4 Å². The smallest absolute Gasteiger partial charge is 0.137 e. The maximum Gasteiger partial charge on any atom is 0.137 e. The highest BCUT2D eigenvalue weighted by molar-refractivity contribution is 7.09. The summed E-state index contributed by atoms with van der Waals surface area (Å²) in [4.78, 5) is 5.64. The molecule has 0 amide bonds. The number of pyridine rings is 1. The first-order valence-electron chi connectivity index (χ1n) is 7.15. The quantitative estimate of drug-likeness (QED) is 0.800. The minimum absolute atomic E-state index is 0.0349. The van der Waals surface area contributed by atoms with E-state index in [1.807, 2.05) is 23.6 Å². The monoisotopic (exact) mass is 290 g/mol. The van der Waals surface area contributed by atoms with Crippen LogP contribution in [0.15, 0.2) is 36.0 Å². The molecule has 0 saturated heterocycles. The lowest BCUT2D eigenvalue weighted by atomic mass is 10.0. The fraction of sp³-hybridized carbons (Fsp3) is 0.438. The van der Waals surface area contributed by atoms with Gasteiger partial charge in [0.2, 0.25) is 0 Å². The zero-order valence-corrected chi connectivity index (χ0v) is 12.7. The normalized spacial score (nSPS) is 12.3. The number of ether oxygens (including phenoxy) is 1. The van der Waals surface area contributed by atoms with Crippen LogP contribution in [0.3, 0.4) is 0 Å². The molecule has 2 aromatic heterocycles.